The fourth-order valence-electron chi connectivity index (χ4n) is 2.32. The predicted octanol–water partition coefficient (Wildman–Crippen LogP) is 3.10. The Bertz CT molecular complexity index is 649. The molecule has 0 radical (unpaired) electrons. The molecule has 1 aliphatic carbocycles. The monoisotopic (exact) mass is 311 g/mol. The van der Waals surface area contributed by atoms with Crippen LogP contribution in [0.5, 0.6) is 0 Å². The Kier molecular flexibility index (Phi) is 3.85. The number of carbonyl (C=O) groups is 1. The van der Waals surface area contributed by atoms with Crippen molar-refractivity contribution in [3.8, 4) is 0 Å². The molecular weight excluding hydrogens is 297 g/mol. The first kappa shape index (κ1) is 13.7. The lowest BCUT2D eigenvalue weighted by atomic mass is 9.85. The summed E-state index contributed by atoms with van der Waals surface area (Å²) in [5.41, 5.74) is 1.58. The predicted molar refractivity (Wildman–Crippen MR) is 79.3 cm³/mol. The quantitative estimate of drug-likeness (QED) is 0.943. The second-order valence-electron chi connectivity index (χ2n) is 5.14. The van der Waals surface area contributed by atoms with Crippen LogP contribution in [0.3, 0.4) is 0 Å². The maximum Gasteiger partial charge on any atom is 0.223 e. The summed E-state index contributed by atoms with van der Waals surface area (Å²) in [5.74, 6) is 0.394. The lowest BCUT2D eigenvalue weighted by Crippen LogP contribution is -2.35. The molecule has 2 aromatic heterocycles. The van der Waals surface area contributed by atoms with E-state index >= 15 is 0 Å². The molecule has 1 amide bonds. The summed E-state index contributed by atoms with van der Waals surface area (Å²) < 4.78 is 1.81. The van der Waals surface area contributed by atoms with Crippen molar-refractivity contribution in [1.82, 2.24) is 14.7 Å². The van der Waals surface area contributed by atoms with Crippen LogP contribution in [0.4, 0.5) is 0 Å². The largest absolute Gasteiger partial charge is 0.355 e. The molecule has 1 fully saturated rings. The van der Waals surface area contributed by atoms with Crippen molar-refractivity contribution in [2.75, 3.05) is 6.54 Å². The van der Waals surface area contributed by atoms with Crippen LogP contribution < -0.4 is 5.32 Å². The zero-order valence-corrected chi connectivity index (χ0v) is 12.4. The number of hydrogen-bond acceptors (Lipinski definition) is 2. The molecule has 4 nitrogen and oxygen atoms in total. The van der Waals surface area contributed by atoms with E-state index in [1.807, 2.05) is 10.6 Å². The summed E-state index contributed by atoms with van der Waals surface area (Å²) in [6.45, 7) is 0.602. The van der Waals surface area contributed by atoms with Crippen LogP contribution in [0.15, 0.2) is 18.5 Å². The molecule has 106 valence electrons. The Hall–Kier alpha value is -1.26. The maximum absolute atomic E-state index is 11.7. The second kappa shape index (κ2) is 5.62. The lowest BCUT2D eigenvalue weighted by Gasteiger charge is -2.23. The number of imidazole rings is 1. The number of halogens is 2. The van der Waals surface area contributed by atoms with Crippen molar-refractivity contribution in [3.63, 3.8) is 0 Å². The second-order valence-corrected chi connectivity index (χ2v) is 5.98. The number of hydrogen-bond donors (Lipinski definition) is 1. The number of amides is 1. The fourth-order valence-corrected chi connectivity index (χ4v) is 2.85. The van der Waals surface area contributed by atoms with Gasteiger partial charge in [-0.2, -0.15) is 0 Å². The van der Waals surface area contributed by atoms with Gasteiger partial charge < -0.3 is 9.72 Å². The highest BCUT2D eigenvalue weighted by Gasteiger charge is 2.24. The van der Waals surface area contributed by atoms with Gasteiger partial charge in [0.1, 0.15) is 0 Å². The highest BCUT2D eigenvalue weighted by molar-refractivity contribution is 6.36. The Morgan fingerprint density at radius 2 is 2.20 bits per heavy atom. The molecule has 2 heterocycles. The van der Waals surface area contributed by atoms with Gasteiger partial charge in [0.2, 0.25) is 5.91 Å². The van der Waals surface area contributed by atoms with Gasteiger partial charge in [0.25, 0.3) is 0 Å². The molecule has 6 heteroatoms. The average Bonchev–Trinajstić information content (AvgIpc) is 2.69. The minimum Gasteiger partial charge on any atom is -0.355 e. The van der Waals surface area contributed by atoms with E-state index in [9.17, 15) is 4.79 Å². The van der Waals surface area contributed by atoms with Gasteiger partial charge in [-0.25, -0.2) is 4.98 Å². The minimum atomic E-state index is 0.168. The molecule has 0 spiro atoms. The Morgan fingerprint density at radius 3 is 2.90 bits per heavy atom. The Labute approximate surface area is 127 Å². The minimum absolute atomic E-state index is 0.168. The molecule has 2 aromatic rings. The lowest BCUT2D eigenvalue weighted by molar-refractivity contribution is -0.127. The molecule has 1 saturated carbocycles. The van der Waals surface area contributed by atoms with Gasteiger partial charge in [0.15, 0.2) is 5.65 Å². The van der Waals surface area contributed by atoms with Gasteiger partial charge in [-0.15, -0.1) is 0 Å². The molecule has 1 N–H and O–H groups in total. The highest BCUT2D eigenvalue weighted by Crippen LogP contribution is 2.26. The van der Waals surface area contributed by atoms with Crippen LogP contribution in [0.1, 0.15) is 25.0 Å². The first-order valence-corrected chi connectivity index (χ1v) is 7.49. The number of pyridine rings is 1. The maximum atomic E-state index is 11.7. The van der Waals surface area contributed by atoms with Gasteiger partial charge in [-0.1, -0.05) is 29.6 Å². The van der Waals surface area contributed by atoms with Gasteiger partial charge in [-0.3, -0.25) is 4.79 Å². The standard InChI is InChI=1S/C14H15Cl2N3O/c15-10-6-12(16)13-18-11(8-19(13)7-10)4-5-17-14(20)9-2-1-3-9/h6-9H,1-5H2,(H,17,20). The SMILES string of the molecule is O=C(NCCc1cn2cc(Cl)cc(Cl)c2n1)C1CCC1. The summed E-state index contributed by atoms with van der Waals surface area (Å²) in [7, 11) is 0. The van der Waals surface area contributed by atoms with Crippen molar-refractivity contribution in [1.29, 1.82) is 0 Å². The van der Waals surface area contributed by atoms with Crippen molar-refractivity contribution >= 4 is 34.8 Å². The van der Waals surface area contributed by atoms with Crippen molar-refractivity contribution in [2.24, 2.45) is 5.92 Å². The first-order chi connectivity index (χ1) is 9.63. The van der Waals surface area contributed by atoms with Crippen molar-refractivity contribution < 1.29 is 4.79 Å². The molecule has 3 rings (SSSR count). The molecule has 20 heavy (non-hydrogen) atoms. The third-order valence-corrected chi connectivity index (χ3v) is 4.16. The zero-order valence-electron chi connectivity index (χ0n) is 10.9. The smallest absolute Gasteiger partial charge is 0.223 e. The summed E-state index contributed by atoms with van der Waals surface area (Å²) in [6.07, 6.45) is 7.56. The molecule has 0 saturated heterocycles. The average molecular weight is 312 g/mol. The van der Waals surface area contributed by atoms with E-state index in [0.717, 1.165) is 18.5 Å². The summed E-state index contributed by atoms with van der Waals surface area (Å²) >= 11 is 12.0. The number of nitrogens with zero attached hydrogens (tertiary/aromatic N) is 2. The zero-order chi connectivity index (χ0) is 14.1. The number of nitrogens with one attached hydrogen (secondary N) is 1. The molecule has 0 bridgehead atoms. The van der Waals surface area contributed by atoms with E-state index in [2.05, 4.69) is 10.3 Å². The first-order valence-electron chi connectivity index (χ1n) is 6.74. The van der Waals surface area contributed by atoms with Crippen LogP contribution >= 0.6 is 23.2 Å². The summed E-state index contributed by atoms with van der Waals surface area (Å²) in [6, 6.07) is 1.67. The molecular formula is C14H15Cl2N3O. The topological polar surface area (TPSA) is 46.4 Å². The van der Waals surface area contributed by atoms with Crippen LogP contribution in [0, 0.1) is 5.92 Å². The number of aromatic nitrogens is 2. The number of fused-ring (bicyclic) bond motifs is 1. The van der Waals surface area contributed by atoms with E-state index in [4.69, 9.17) is 23.2 Å². The summed E-state index contributed by atoms with van der Waals surface area (Å²) in [5, 5.41) is 4.06. The van der Waals surface area contributed by atoms with E-state index in [1.165, 1.54) is 6.42 Å². The normalized spacial score (nSPS) is 15.3. The third kappa shape index (κ3) is 2.76. The van der Waals surface area contributed by atoms with Crippen LogP contribution in [-0.4, -0.2) is 21.8 Å². The molecule has 0 aliphatic heterocycles. The Balaban J connectivity index is 1.63. The van der Waals surface area contributed by atoms with E-state index in [-0.39, 0.29) is 11.8 Å². The number of rotatable bonds is 4. The van der Waals surface area contributed by atoms with E-state index in [1.54, 1.807) is 12.3 Å². The van der Waals surface area contributed by atoms with Crippen molar-refractivity contribution in [2.45, 2.75) is 25.7 Å². The molecule has 0 unspecified atom stereocenters. The van der Waals surface area contributed by atoms with Gasteiger partial charge in [-0.05, 0) is 18.9 Å². The van der Waals surface area contributed by atoms with Crippen LogP contribution in [0.2, 0.25) is 10.0 Å². The van der Waals surface area contributed by atoms with Crippen molar-refractivity contribution in [3.05, 3.63) is 34.2 Å². The van der Waals surface area contributed by atoms with Gasteiger partial charge >= 0.3 is 0 Å². The van der Waals surface area contributed by atoms with E-state index in [0.29, 0.717) is 28.7 Å². The number of carbonyl (C=O) groups excluding carboxylic acids is 1. The summed E-state index contributed by atoms with van der Waals surface area (Å²) in [4.78, 5) is 16.2. The highest BCUT2D eigenvalue weighted by atomic mass is 35.5. The molecule has 1 aliphatic rings. The van der Waals surface area contributed by atoms with Gasteiger partial charge in [0.05, 0.1) is 15.7 Å². The fraction of sp³-hybridized carbons (Fsp3) is 0.429. The van der Waals surface area contributed by atoms with Crippen LogP contribution in [0.25, 0.3) is 5.65 Å². The van der Waals surface area contributed by atoms with Crippen LogP contribution in [-0.2, 0) is 11.2 Å². The Morgan fingerprint density at radius 1 is 1.40 bits per heavy atom. The molecule has 0 atom stereocenters. The molecule has 0 aromatic carbocycles. The van der Waals surface area contributed by atoms with Gasteiger partial charge in [0, 0.05) is 31.3 Å². The third-order valence-electron chi connectivity index (χ3n) is 3.68. The van der Waals surface area contributed by atoms with E-state index < -0.39 is 0 Å².